The van der Waals surface area contributed by atoms with E-state index in [4.69, 9.17) is 4.74 Å². The second-order valence-corrected chi connectivity index (χ2v) is 6.42. The molecule has 0 bridgehead atoms. The van der Waals surface area contributed by atoms with Crippen molar-refractivity contribution < 1.29 is 14.3 Å². The molecule has 0 spiro atoms. The van der Waals surface area contributed by atoms with Crippen molar-refractivity contribution in [2.75, 3.05) is 6.61 Å². The normalized spacial score (nSPS) is 16.7. The summed E-state index contributed by atoms with van der Waals surface area (Å²) in [6, 6.07) is 9.22. The van der Waals surface area contributed by atoms with Crippen molar-refractivity contribution in [3.05, 3.63) is 48.0 Å². The lowest BCUT2D eigenvalue weighted by atomic mass is 9.84. The van der Waals surface area contributed by atoms with Crippen LogP contribution < -0.4 is 5.32 Å². The van der Waals surface area contributed by atoms with Crippen LogP contribution in [-0.4, -0.2) is 24.5 Å². The Morgan fingerprint density at radius 1 is 1.21 bits per heavy atom. The molecule has 1 saturated carbocycles. The molecule has 1 aromatic carbocycles. The molecule has 0 radical (unpaired) electrons. The molecule has 0 aromatic heterocycles. The zero-order chi connectivity index (χ0) is 17.2. The van der Waals surface area contributed by atoms with Gasteiger partial charge >= 0.3 is 5.97 Å². The third kappa shape index (κ3) is 6.57. The first-order chi connectivity index (χ1) is 11.6. The SMILES string of the molecule is CC(=O)OCC=CC(CC1CCCCC1)NC(=O)c1ccccc1. The van der Waals surface area contributed by atoms with E-state index in [1.807, 2.05) is 42.5 Å². The van der Waals surface area contributed by atoms with Gasteiger partial charge in [-0.1, -0.05) is 56.4 Å². The molecular formula is C20H27NO3. The predicted molar refractivity (Wildman–Crippen MR) is 94.7 cm³/mol. The third-order valence-corrected chi connectivity index (χ3v) is 4.42. The van der Waals surface area contributed by atoms with E-state index in [0.29, 0.717) is 11.5 Å². The van der Waals surface area contributed by atoms with Crippen LogP contribution in [0.4, 0.5) is 0 Å². The lowest BCUT2D eigenvalue weighted by Gasteiger charge is -2.25. The van der Waals surface area contributed by atoms with E-state index in [1.165, 1.54) is 39.0 Å². The first kappa shape index (κ1) is 18.2. The number of ether oxygens (including phenoxy) is 1. The summed E-state index contributed by atoms with van der Waals surface area (Å²) in [5, 5.41) is 3.10. The smallest absolute Gasteiger partial charge is 0.302 e. The molecule has 4 heteroatoms. The second kappa shape index (κ2) is 9.91. The molecule has 1 fully saturated rings. The Morgan fingerprint density at radius 2 is 1.92 bits per heavy atom. The van der Waals surface area contributed by atoms with Crippen molar-refractivity contribution in [1.82, 2.24) is 5.32 Å². The van der Waals surface area contributed by atoms with Crippen molar-refractivity contribution in [1.29, 1.82) is 0 Å². The fraction of sp³-hybridized carbons (Fsp3) is 0.500. The minimum absolute atomic E-state index is 0.0311. The highest BCUT2D eigenvalue weighted by Gasteiger charge is 2.19. The van der Waals surface area contributed by atoms with Gasteiger partial charge in [0.15, 0.2) is 0 Å². The molecule has 2 rings (SSSR count). The maximum Gasteiger partial charge on any atom is 0.302 e. The topological polar surface area (TPSA) is 55.4 Å². The van der Waals surface area contributed by atoms with Gasteiger partial charge in [0.2, 0.25) is 0 Å². The number of carbonyl (C=O) groups is 2. The minimum Gasteiger partial charge on any atom is -0.462 e. The van der Waals surface area contributed by atoms with Crippen molar-refractivity contribution >= 4 is 11.9 Å². The van der Waals surface area contributed by atoms with Gasteiger partial charge in [0.25, 0.3) is 5.91 Å². The quantitative estimate of drug-likeness (QED) is 0.610. The highest BCUT2D eigenvalue weighted by molar-refractivity contribution is 5.94. The highest BCUT2D eigenvalue weighted by atomic mass is 16.5. The highest BCUT2D eigenvalue weighted by Crippen LogP contribution is 2.27. The van der Waals surface area contributed by atoms with Gasteiger partial charge in [-0.2, -0.15) is 0 Å². The zero-order valence-corrected chi connectivity index (χ0v) is 14.4. The Morgan fingerprint density at radius 3 is 2.58 bits per heavy atom. The Kier molecular flexibility index (Phi) is 7.53. The van der Waals surface area contributed by atoms with Gasteiger partial charge in [-0.05, 0) is 30.5 Å². The molecular weight excluding hydrogens is 302 g/mol. The summed E-state index contributed by atoms with van der Waals surface area (Å²) >= 11 is 0. The second-order valence-electron chi connectivity index (χ2n) is 6.42. The van der Waals surface area contributed by atoms with Crippen molar-refractivity contribution in [2.24, 2.45) is 5.92 Å². The summed E-state index contributed by atoms with van der Waals surface area (Å²) in [5.74, 6) is 0.295. The van der Waals surface area contributed by atoms with Gasteiger partial charge in [-0.15, -0.1) is 0 Å². The van der Waals surface area contributed by atoms with Crippen LogP contribution in [0, 0.1) is 5.92 Å². The van der Waals surface area contributed by atoms with E-state index >= 15 is 0 Å². The Bertz CT molecular complexity index is 547. The summed E-state index contributed by atoms with van der Waals surface area (Å²) in [7, 11) is 0. The number of amides is 1. The van der Waals surface area contributed by atoms with Crippen LogP contribution in [0.25, 0.3) is 0 Å². The standard InChI is InChI=1S/C20H27NO3/c1-16(22)24-14-8-13-19(15-17-9-4-2-5-10-17)21-20(23)18-11-6-3-7-12-18/h3,6-8,11-13,17,19H,2,4-5,9-10,14-15H2,1H3,(H,21,23). The average molecular weight is 329 g/mol. The largest absolute Gasteiger partial charge is 0.462 e. The summed E-state index contributed by atoms with van der Waals surface area (Å²) < 4.78 is 4.93. The predicted octanol–water partition coefficient (Wildman–Crippen LogP) is 3.87. The number of hydrogen-bond acceptors (Lipinski definition) is 3. The van der Waals surface area contributed by atoms with Gasteiger partial charge in [-0.3, -0.25) is 9.59 Å². The van der Waals surface area contributed by atoms with Crippen LogP contribution in [0.5, 0.6) is 0 Å². The summed E-state index contributed by atoms with van der Waals surface area (Å²) in [4.78, 5) is 23.2. The van der Waals surface area contributed by atoms with Crippen LogP contribution in [-0.2, 0) is 9.53 Å². The average Bonchev–Trinajstić information content (AvgIpc) is 2.60. The molecule has 1 atom stereocenters. The minimum atomic E-state index is -0.295. The van der Waals surface area contributed by atoms with E-state index in [0.717, 1.165) is 6.42 Å². The summed E-state index contributed by atoms with van der Waals surface area (Å²) in [5.41, 5.74) is 0.666. The molecule has 4 nitrogen and oxygen atoms in total. The molecule has 1 aromatic rings. The third-order valence-electron chi connectivity index (χ3n) is 4.42. The first-order valence-corrected chi connectivity index (χ1v) is 8.81. The molecule has 24 heavy (non-hydrogen) atoms. The van der Waals surface area contributed by atoms with Crippen molar-refractivity contribution in [3.8, 4) is 0 Å². The maximum atomic E-state index is 12.4. The number of hydrogen-bond donors (Lipinski definition) is 1. The summed E-state index contributed by atoms with van der Waals surface area (Å²) in [6.07, 6.45) is 11.1. The van der Waals surface area contributed by atoms with Crippen molar-refractivity contribution in [2.45, 2.75) is 51.5 Å². The monoisotopic (exact) mass is 329 g/mol. The molecule has 130 valence electrons. The maximum absolute atomic E-state index is 12.4. The van der Waals surface area contributed by atoms with Gasteiger partial charge in [0, 0.05) is 18.5 Å². The molecule has 1 aliphatic carbocycles. The van der Waals surface area contributed by atoms with E-state index in [2.05, 4.69) is 5.32 Å². The van der Waals surface area contributed by atoms with Gasteiger partial charge in [-0.25, -0.2) is 0 Å². The van der Waals surface area contributed by atoms with E-state index < -0.39 is 0 Å². The number of esters is 1. The molecule has 0 saturated heterocycles. The molecule has 1 N–H and O–H groups in total. The van der Waals surface area contributed by atoms with E-state index in [-0.39, 0.29) is 24.5 Å². The molecule has 1 amide bonds. The zero-order valence-electron chi connectivity index (χ0n) is 14.4. The lowest BCUT2D eigenvalue weighted by molar-refractivity contribution is -0.139. The fourth-order valence-electron chi connectivity index (χ4n) is 3.19. The molecule has 0 aliphatic heterocycles. The number of nitrogens with one attached hydrogen (secondary N) is 1. The van der Waals surface area contributed by atoms with Crippen LogP contribution in [0.15, 0.2) is 42.5 Å². The van der Waals surface area contributed by atoms with Gasteiger partial charge < -0.3 is 10.1 Å². The van der Waals surface area contributed by atoms with Gasteiger partial charge in [0.05, 0.1) is 0 Å². The van der Waals surface area contributed by atoms with Crippen LogP contribution in [0.2, 0.25) is 0 Å². The van der Waals surface area contributed by atoms with Crippen molar-refractivity contribution in [3.63, 3.8) is 0 Å². The first-order valence-electron chi connectivity index (χ1n) is 8.81. The Labute approximate surface area is 144 Å². The van der Waals surface area contributed by atoms with Crippen LogP contribution in [0.3, 0.4) is 0 Å². The lowest BCUT2D eigenvalue weighted by Crippen LogP contribution is -2.35. The van der Waals surface area contributed by atoms with E-state index in [9.17, 15) is 9.59 Å². The van der Waals surface area contributed by atoms with Gasteiger partial charge in [0.1, 0.15) is 6.61 Å². The number of benzene rings is 1. The molecule has 0 heterocycles. The number of carbonyl (C=O) groups excluding carboxylic acids is 2. The Balaban J connectivity index is 1.95. The fourth-order valence-corrected chi connectivity index (χ4v) is 3.19. The summed E-state index contributed by atoms with van der Waals surface area (Å²) in [6.45, 7) is 1.64. The molecule has 1 aliphatic rings. The molecule has 1 unspecified atom stereocenters. The number of rotatable bonds is 7. The Hall–Kier alpha value is -2.10. The van der Waals surface area contributed by atoms with E-state index in [1.54, 1.807) is 0 Å². The van der Waals surface area contributed by atoms with Crippen LogP contribution in [0.1, 0.15) is 55.8 Å². The van der Waals surface area contributed by atoms with Crippen LogP contribution >= 0.6 is 0 Å².